The topological polar surface area (TPSA) is 34.1 Å². The van der Waals surface area contributed by atoms with Crippen LogP contribution in [0.25, 0.3) is 0 Å². The molecule has 0 bridgehead atoms. The lowest BCUT2D eigenvalue weighted by Crippen LogP contribution is -2.22. The Morgan fingerprint density at radius 1 is 1.05 bits per heavy atom. The highest BCUT2D eigenvalue weighted by atomic mass is 19.1. The van der Waals surface area contributed by atoms with Gasteiger partial charge >= 0.3 is 0 Å². The lowest BCUT2D eigenvalue weighted by Gasteiger charge is -2.20. The molecule has 0 spiro atoms. The van der Waals surface area contributed by atoms with E-state index in [1.165, 1.54) is 12.3 Å². The number of halogens is 1. The fourth-order valence-electron chi connectivity index (χ4n) is 2.13. The van der Waals surface area contributed by atoms with Gasteiger partial charge in [-0.05, 0) is 43.2 Å². The second-order valence-corrected chi connectivity index (χ2v) is 4.82. The average Bonchev–Trinajstić information content (AvgIpc) is 2.47. The van der Waals surface area contributed by atoms with E-state index in [1.807, 2.05) is 31.2 Å². The average molecular weight is 274 g/mol. The molecule has 106 valence electrons. The van der Waals surface area contributed by atoms with E-state index in [0.717, 1.165) is 16.9 Å². The number of pyridine rings is 1. The van der Waals surface area contributed by atoms with Gasteiger partial charge in [0.05, 0.1) is 13.3 Å². The molecule has 1 aromatic carbocycles. The molecular formula is C16H19FN2O. The van der Waals surface area contributed by atoms with Crippen LogP contribution < -0.4 is 10.1 Å². The van der Waals surface area contributed by atoms with Gasteiger partial charge in [-0.3, -0.25) is 4.98 Å². The lowest BCUT2D eigenvalue weighted by molar-refractivity contribution is 0.414. The van der Waals surface area contributed by atoms with Crippen molar-refractivity contribution in [3.05, 3.63) is 59.7 Å². The summed E-state index contributed by atoms with van der Waals surface area (Å²) >= 11 is 0. The monoisotopic (exact) mass is 274 g/mol. The zero-order chi connectivity index (χ0) is 14.5. The van der Waals surface area contributed by atoms with E-state index in [9.17, 15) is 4.39 Å². The van der Waals surface area contributed by atoms with Crippen molar-refractivity contribution < 1.29 is 9.13 Å². The summed E-state index contributed by atoms with van der Waals surface area (Å²) in [5.74, 6) is 0.525. The Hall–Kier alpha value is -1.94. The van der Waals surface area contributed by atoms with Gasteiger partial charge in [0.15, 0.2) is 0 Å². The van der Waals surface area contributed by atoms with E-state index < -0.39 is 0 Å². The molecular weight excluding hydrogens is 255 g/mol. The van der Waals surface area contributed by atoms with E-state index >= 15 is 0 Å². The molecule has 0 aliphatic rings. The Bertz CT molecular complexity index is 557. The van der Waals surface area contributed by atoms with Gasteiger partial charge in [0.25, 0.3) is 0 Å². The van der Waals surface area contributed by atoms with Crippen molar-refractivity contribution in [2.24, 2.45) is 0 Å². The van der Waals surface area contributed by atoms with Crippen LogP contribution in [-0.4, -0.2) is 12.1 Å². The van der Waals surface area contributed by atoms with Gasteiger partial charge in [0.2, 0.25) is 0 Å². The summed E-state index contributed by atoms with van der Waals surface area (Å²) in [4.78, 5) is 3.88. The predicted octanol–water partition coefficient (Wildman–Crippen LogP) is 3.64. The fraction of sp³-hybridized carbons (Fsp3) is 0.312. The molecule has 0 fully saturated rings. The first-order chi connectivity index (χ1) is 9.60. The van der Waals surface area contributed by atoms with Crippen molar-refractivity contribution in [3.8, 4) is 5.75 Å². The zero-order valence-electron chi connectivity index (χ0n) is 11.9. The number of rotatable bonds is 5. The second-order valence-electron chi connectivity index (χ2n) is 4.82. The van der Waals surface area contributed by atoms with E-state index in [2.05, 4.69) is 17.2 Å². The van der Waals surface area contributed by atoms with Crippen molar-refractivity contribution >= 4 is 0 Å². The highest BCUT2D eigenvalue weighted by Gasteiger charge is 2.12. The number of nitrogens with one attached hydrogen (secondary N) is 1. The summed E-state index contributed by atoms with van der Waals surface area (Å²) < 4.78 is 18.3. The largest absolute Gasteiger partial charge is 0.497 e. The molecule has 1 heterocycles. The normalized spacial score (nSPS) is 13.8. The van der Waals surface area contributed by atoms with Crippen LogP contribution in [0.3, 0.4) is 0 Å². The number of hydrogen-bond donors (Lipinski definition) is 1. The number of methoxy groups -OCH3 is 1. The Labute approximate surface area is 118 Å². The number of nitrogens with zero attached hydrogens (tertiary/aromatic N) is 1. The van der Waals surface area contributed by atoms with Crippen molar-refractivity contribution in [3.63, 3.8) is 0 Å². The quantitative estimate of drug-likeness (QED) is 0.903. The van der Waals surface area contributed by atoms with E-state index in [-0.39, 0.29) is 17.9 Å². The van der Waals surface area contributed by atoms with Crippen LogP contribution >= 0.6 is 0 Å². The maximum absolute atomic E-state index is 13.2. The molecule has 2 aromatic rings. The zero-order valence-corrected chi connectivity index (χ0v) is 11.9. The smallest absolute Gasteiger partial charge is 0.141 e. The summed E-state index contributed by atoms with van der Waals surface area (Å²) in [5, 5.41) is 3.43. The van der Waals surface area contributed by atoms with Crippen LogP contribution in [0.5, 0.6) is 5.75 Å². The first-order valence-electron chi connectivity index (χ1n) is 6.60. The molecule has 1 aromatic heterocycles. The number of ether oxygens (including phenoxy) is 1. The van der Waals surface area contributed by atoms with Gasteiger partial charge in [-0.1, -0.05) is 12.1 Å². The summed E-state index contributed by atoms with van der Waals surface area (Å²) in [6, 6.07) is 9.59. The number of hydrogen-bond acceptors (Lipinski definition) is 3. The molecule has 0 radical (unpaired) electrons. The van der Waals surface area contributed by atoms with Gasteiger partial charge in [0.1, 0.15) is 11.6 Å². The first kappa shape index (κ1) is 14.5. The maximum atomic E-state index is 13.2. The van der Waals surface area contributed by atoms with E-state index in [0.29, 0.717) is 0 Å². The van der Waals surface area contributed by atoms with Crippen LogP contribution in [0.1, 0.15) is 37.1 Å². The number of benzene rings is 1. The SMILES string of the molecule is COc1ccc([C@@H](C)NC(C)c2cncc(F)c2)cc1. The highest BCUT2D eigenvalue weighted by molar-refractivity contribution is 5.29. The van der Waals surface area contributed by atoms with E-state index in [1.54, 1.807) is 13.3 Å². The third kappa shape index (κ3) is 3.54. The summed E-state index contributed by atoms with van der Waals surface area (Å²) in [5.41, 5.74) is 1.99. The summed E-state index contributed by atoms with van der Waals surface area (Å²) in [6.45, 7) is 4.07. The molecule has 0 aliphatic carbocycles. The Morgan fingerprint density at radius 3 is 2.30 bits per heavy atom. The minimum atomic E-state index is -0.312. The van der Waals surface area contributed by atoms with Gasteiger partial charge in [-0.25, -0.2) is 4.39 Å². The van der Waals surface area contributed by atoms with Crippen LogP contribution in [0, 0.1) is 5.82 Å². The fourth-order valence-corrected chi connectivity index (χ4v) is 2.13. The predicted molar refractivity (Wildman–Crippen MR) is 77.2 cm³/mol. The van der Waals surface area contributed by atoms with E-state index in [4.69, 9.17) is 4.74 Å². The van der Waals surface area contributed by atoms with Gasteiger partial charge in [-0.2, -0.15) is 0 Å². The first-order valence-corrected chi connectivity index (χ1v) is 6.60. The molecule has 4 heteroatoms. The molecule has 3 nitrogen and oxygen atoms in total. The summed E-state index contributed by atoms with van der Waals surface area (Å²) in [7, 11) is 1.65. The molecule has 2 rings (SSSR count). The highest BCUT2D eigenvalue weighted by Crippen LogP contribution is 2.21. The molecule has 2 atom stereocenters. The van der Waals surface area contributed by atoms with Gasteiger partial charge in [-0.15, -0.1) is 0 Å². The summed E-state index contributed by atoms with van der Waals surface area (Å²) in [6.07, 6.45) is 2.89. The third-order valence-corrected chi connectivity index (χ3v) is 3.34. The molecule has 0 aliphatic heterocycles. The lowest BCUT2D eigenvalue weighted by atomic mass is 10.1. The van der Waals surface area contributed by atoms with Crippen LogP contribution in [-0.2, 0) is 0 Å². The third-order valence-electron chi connectivity index (χ3n) is 3.34. The minimum Gasteiger partial charge on any atom is -0.497 e. The molecule has 0 saturated heterocycles. The van der Waals surface area contributed by atoms with Crippen molar-refractivity contribution in [2.45, 2.75) is 25.9 Å². The van der Waals surface area contributed by atoms with Crippen LogP contribution in [0.2, 0.25) is 0 Å². The van der Waals surface area contributed by atoms with Crippen molar-refractivity contribution in [1.29, 1.82) is 0 Å². The van der Waals surface area contributed by atoms with Gasteiger partial charge in [0, 0.05) is 18.3 Å². The molecule has 0 saturated carbocycles. The molecule has 1 N–H and O–H groups in total. The molecule has 20 heavy (non-hydrogen) atoms. The Kier molecular flexibility index (Phi) is 4.69. The Balaban J connectivity index is 2.04. The maximum Gasteiger partial charge on any atom is 0.141 e. The van der Waals surface area contributed by atoms with Crippen LogP contribution in [0.15, 0.2) is 42.7 Å². The standard InChI is InChI=1S/C16H19FN2O/c1-11(13-4-6-16(20-3)7-5-13)19-12(2)14-8-15(17)10-18-9-14/h4-12,19H,1-3H3/t11-,12?/m1/s1. The Morgan fingerprint density at radius 2 is 1.70 bits per heavy atom. The number of aromatic nitrogens is 1. The van der Waals surface area contributed by atoms with Crippen LogP contribution in [0.4, 0.5) is 4.39 Å². The van der Waals surface area contributed by atoms with Crippen molar-refractivity contribution in [2.75, 3.05) is 7.11 Å². The second kappa shape index (κ2) is 6.48. The molecule has 0 amide bonds. The van der Waals surface area contributed by atoms with Gasteiger partial charge < -0.3 is 10.1 Å². The van der Waals surface area contributed by atoms with Crippen molar-refractivity contribution in [1.82, 2.24) is 10.3 Å². The molecule has 1 unspecified atom stereocenters. The minimum absolute atomic E-state index is 0.0234.